The van der Waals surface area contributed by atoms with Gasteiger partial charge in [0.05, 0.1) is 0 Å². The molecule has 0 aromatic carbocycles. The van der Waals surface area contributed by atoms with Crippen molar-refractivity contribution in [2.75, 3.05) is 0 Å². The molecule has 0 aliphatic carbocycles. The number of carbonyl (C=O) groups is 1. The van der Waals surface area contributed by atoms with Gasteiger partial charge in [-0.15, -0.1) is 0 Å². The number of hydrogen-bond acceptors (Lipinski definition) is 3. The number of amides is 1. The highest BCUT2D eigenvalue weighted by atomic mass is 32.2. The number of nitrogens with zero attached hydrogens (tertiary/aromatic N) is 1. The van der Waals surface area contributed by atoms with Crippen LogP contribution in [0.2, 0.25) is 0 Å². The van der Waals surface area contributed by atoms with E-state index in [0.717, 1.165) is 0 Å². The lowest BCUT2D eigenvalue weighted by molar-refractivity contribution is 0.0603. The highest BCUT2D eigenvalue weighted by molar-refractivity contribution is 7.80. The molecule has 0 saturated heterocycles. The Hall–Kier alpha value is -1.02. The van der Waals surface area contributed by atoms with Gasteiger partial charge >= 0.3 is 6.09 Å². The Bertz CT molecular complexity index is 300. The van der Waals surface area contributed by atoms with Crippen LogP contribution >= 0.6 is 0 Å². The lowest BCUT2D eigenvalue weighted by Gasteiger charge is -2.17. The van der Waals surface area contributed by atoms with Gasteiger partial charge in [-0.3, -0.25) is 0 Å². The maximum atomic E-state index is 12.7. The number of aliphatic imine (C=N–C) groups is 1. The van der Waals surface area contributed by atoms with E-state index < -0.39 is 34.1 Å². The molecule has 0 aliphatic rings. The molecule has 88 valence electrons. The molecule has 0 rings (SSSR count). The summed E-state index contributed by atoms with van der Waals surface area (Å²) in [6.45, 7) is 4.77. The average Bonchev–Trinajstić information content (AvgIpc) is 1.98. The smallest absolute Gasteiger partial charge is 0.435 e. The molecule has 3 N–H and O–H groups in total. The van der Waals surface area contributed by atoms with Gasteiger partial charge in [-0.05, 0) is 20.8 Å². The zero-order chi connectivity index (χ0) is 12.2. The first-order valence-corrected chi connectivity index (χ1v) is 5.11. The second-order valence-electron chi connectivity index (χ2n) is 3.61. The first-order valence-electron chi connectivity index (χ1n) is 3.94. The van der Waals surface area contributed by atoms with E-state index in [1.807, 2.05) is 0 Å². The number of hydrogen-bond donors (Lipinski definition) is 2. The van der Waals surface area contributed by atoms with Gasteiger partial charge in [0, 0.05) is 0 Å². The van der Waals surface area contributed by atoms with E-state index in [1.54, 1.807) is 20.8 Å². The van der Waals surface area contributed by atoms with Gasteiger partial charge in [-0.25, -0.2) is 13.4 Å². The van der Waals surface area contributed by atoms with Crippen LogP contribution < -0.4 is 5.73 Å². The van der Waals surface area contributed by atoms with Gasteiger partial charge in [0.1, 0.15) is 5.60 Å². The zero-order valence-corrected chi connectivity index (χ0v) is 9.38. The van der Waals surface area contributed by atoms with Gasteiger partial charge < -0.3 is 15.0 Å². The van der Waals surface area contributed by atoms with Crippen molar-refractivity contribution in [3.05, 3.63) is 0 Å². The molecule has 15 heavy (non-hydrogen) atoms. The third-order valence-corrected chi connectivity index (χ3v) is 1.62. The minimum Gasteiger partial charge on any atom is -0.442 e. The van der Waals surface area contributed by atoms with Crippen LogP contribution in [-0.2, 0) is 15.8 Å². The molecule has 0 saturated carbocycles. The molecule has 0 bridgehead atoms. The Morgan fingerprint density at radius 1 is 1.60 bits per heavy atom. The van der Waals surface area contributed by atoms with Crippen molar-refractivity contribution in [2.24, 2.45) is 10.7 Å². The number of halogens is 1. The lowest BCUT2D eigenvalue weighted by Crippen LogP contribution is -2.31. The van der Waals surface area contributed by atoms with E-state index in [0.29, 0.717) is 0 Å². The number of nitrogens with two attached hydrogens (primary N) is 1. The van der Waals surface area contributed by atoms with E-state index >= 15 is 0 Å². The second kappa shape index (κ2) is 5.17. The van der Waals surface area contributed by atoms with Crippen LogP contribution in [0.25, 0.3) is 0 Å². The van der Waals surface area contributed by atoms with Crippen molar-refractivity contribution in [3.63, 3.8) is 0 Å². The molecule has 6 nitrogen and oxygen atoms in total. The average molecular weight is 240 g/mol. The van der Waals surface area contributed by atoms with Crippen LogP contribution in [-0.4, -0.2) is 31.8 Å². The Balaban J connectivity index is 4.50. The van der Waals surface area contributed by atoms with Crippen molar-refractivity contribution in [2.45, 2.75) is 31.9 Å². The summed E-state index contributed by atoms with van der Waals surface area (Å²) >= 11 is -2.81. The third-order valence-electron chi connectivity index (χ3n) is 1.02. The second-order valence-corrected chi connectivity index (χ2v) is 4.58. The van der Waals surface area contributed by atoms with Crippen molar-refractivity contribution >= 4 is 23.0 Å². The molecule has 0 fully saturated rings. The molecular weight excluding hydrogens is 227 g/mol. The zero-order valence-electron chi connectivity index (χ0n) is 8.56. The summed E-state index contributed by atoms with van der Waals surface area (Å²) in [6.07, 6.45) is -1.10. The summed E-state index contributed by atoms with van der Waals surface area (Å²) < 4.78 is 35.9. The van der Waals surface area contributed by atoms with Crippen LogP contribution in [0.5, 0.6) is 0 Å². The fourth-order valence-corrected chi connectivity index (χ4v) is 0.803. The standard InChI is InChI=1S/C7H13FN2O4S/c1-7(2,3)14-6(11)10-5(9)4(8)15(12)13/h4H,1-3H3,(H,12,13)(H2,9,10,11)/t4-/m0/s1. The molecular formula is C7H13FN2O4S. The number of ether oxygens (including phenoxy) is 1. The molecule has 1 amide bonds. The third kappa shape index (κ3) is 6.13. The first-order chi connectivity index (χ1) is 6.63. The number of alkyl halides is 1. The van der Waals surface area contributed by atoms with Crippen molar-refractivity contribution in [1.82, 2.24) is 0 Å². The molecule has 2 atom stereocenters. The first kappa shape index (κ1) is 14.0. The summed E-state index contributed by atoms with van der Waals surface area (Å²) in [6, 6.07) is 0. The summed E-state index contributed by atoms with van der Waals surface area (Å²) in [5.74, 6) is -0.884. The summed E-state index contributed by atoms with van der Waals surface area (Å²) in [5, 5.41) is 0. The maximum absolute atomic E-state index is 12.7. The molecule has 0 aromatic heterocycles. The topological polar surface area (TPSA) is 102 Å². The summed E-state index contributed by atoms with van der Waals surface area (Å²) in [5.41, 5.74) is 1.78. The fraction of sp³-hybridized carbons (Fsp3) is 0.714. The predicted octanol–water partition coefficient (Wildman–Crippen LogP) is 0.796. The molecule has 8 heteroatoms. The predicted molar refractivity (Wildman–Crippen MR) is 53.5 cm³/mol. The lowest BCUT2D eigenvalue weighted by atomic mass is 10.2. The number of amidine groups is 1. The number of carbonyl (C=O) groups excluding carboxylic acids is 1. The highest BCUT2D eigenvalue weighted by Crippen LogP contribution is 2.08. The van der Waals surface area contributed by atoms with Gasteiger partial charge in [-0.1, -0.05) is 0 Å². The SMILES string of the molecule is CC(C)(C)OC(=O)N=C(N)[C@@H](F)S(=O)O. The van der Waals surface area contributed by atoms with Crippen LogP contribution in [0, 0.1) is 0 Å². The highest BCUT2D eigenvalue weighted by Gasteiger charge is 2.21. The molecule has 0 aromatic rings. The monoisotopic (exact) mass is 240 g/mol. The van der Waals surface area contributed by atoms with E-state index in [1.165, 1.54) is 0 Å². The quantitative estimate of drug-likeness (QED) is 0.422. The van der Waals surface area contributed by atoms with E-state index in [-0.39, 0.29) is 0 Å². The van der Waals surface area contributed by atoms with E-state index in [9.17, 15) is 13.4 Å². The van der Waals surface area contributed by atoms with Crippen LogP contribution in [0.4, 0.5) is 9.18 Å². The normalized spacial score (nSPS) is 17.0. The Kier molecular flexibility index (Phi) is 4.82. The van der Waals surface area contributed by atoms with Gasteiger partial charge in [0.15, 0.2) is 16.9 Å². The van der Waals surface area contributed by atoms with Gasteiger partial charge in [0.2, 0.25) is 0 Å². The van der Waals surface area contributed by atoms with E-state index in [4.69, 9.17) is 10.3 Å². The van der Waals surface area contributed by atoms with Crippen molar-refractivity contribution < 1.29 is 22.7 Å². The van der Waals surface area contributed by atoms with Gasteiger partial charge in [-0.2, -0.15) is 4.99 Å². The van der Waals surface area contributed by atoms with Crippen LogP contribution in [0.15, 0.2) is 4.99 Å². The Morgan fingerprint density at radius 2 is 2.07 bits per heavy atom. The van der Waals surface area contributed by atoms with E-state index in [2.05, 4.69) is 9.73 Å². The molecule has 0 spiro atoms. The Morgan fingerprint density at radius 3 is 2.40 bits per heavy atom. The number of rotatable bonds is 2. The molecule has 0 aliphatic heterocycles. The summed E-state index contributed by atoms with van der Waals surface area (Å²) in [4.78, 5) is 13.9. The van der Waals surface area contributed by atoms with Crippen LogP contribution in [0.1, 0.15) is 20.8 Å². The van der Waals surface area contributed by atoms with Crippen molar-refractivity contribution in [1.29, 1.82) is 0 Å². The molecule has 1 unspecified atom stereocenters. The minimum atomic E-state index is -2.81. The summed E-state index contributed by atoms with van der Waals surface area (Å²) in [7, 11) is 0. The molecule has 0 heterocycles. The van der Waals surface area contributed by atoms with Crippen molar-refractivity contribution in [3.8, 4) is 0 Å². The van der Waals surface area contributed by atoms with Crippen LogP contribution in [0.3, 0.4) is 0 Å². The fourth-order valence-electron chi connectivity index (χ4n) is 0.544. The largest absolute Gasteiger partial charge is 0.442 e. The molecule has 0 radical (unpaired) electrons. The maximum Gasteiger partial charge on any atom is 0.435 e. The Labute approximate surface area is 89.0 Å². The minimum absolute atomic E-state index is 0.787. The van der Waals surface area contributed by atoms with Gasteiger partial charge in [0.25, 0.3) is 5.50 Å².